The monoisotopic (exact) mass is 275 g/mol. The van der Waals surface area contributed by atoms with Crippen molar-refractivity contribution in [2.24, 2.45) is 0 Å². The van der Waals surface area contributed by atoms with Crippen molar-refractivity contribution in [1.82, 2.24) is 9.55 Å². The summed E-state index contributed by atoms with van der Waals surface area (Å²) in [5.74, 6) is 1.06. The van der Waals surface area contributed by atoms with Crippen LogP contribution in [-0.4, -0.2) is 16.1 Å². The Bertz CT molecular complexity index is 509. The van der Waals surface area contributed by atoms with Gasteiger partial charge in [-0.3, -0.25) is 0 Å². The number of imidazole rings is 1. The van der Waals surface area contributed by atoms with Gasteiger partial charge in [0.25, 0.3) is 0 Å². The first-order chi connectivity index (χ1) is 9.33. The van der Waals surface area contributed by atoms with Crippen molar-refractivity contribution >= 4 is 17.3 Å². The van der Waals surface area contributed by atoms with E-state index in [1.54, 1.807) is 0 Å². The molecule has 1 saturated carbocycles. The van der Waals surface area contributed by atoms with Gasteiger partial charge in [0.1, 0.15) is 0 Å². The highest BCUT2D eigenvalue weighted by atomic mass is 32.1. The fraction of sp³-hybridized carbons (Fsp3) is 0.533. The Morgan fingerprint density at radius 3 is 3.00 bits per heavy atom. The Morgan fingerprint density at radius 2 is 2.26 bits per heavy atom. The number of aryl methyl sites for hydroxylation is 1. The van der Waals surface area contributed by atoms with Crippen LogP contribution < -0.4 is 5.32 Å². The molecule has 3 nitrogen and oxygen atoms in total. The van der Waals surface area contributed by atoms with Gasteiger partial charge in [0, 0.05) is 23.7 Å². The molecule has 0 saturated heterocycles. The summed E-state index contributed by atoms with van der Waals surface area (Å²) in [6.45, 7) is 3.04. The molecular formula is C15H21N3S. The van der Waals surface area contributed by atoms with Crippen molar-refractivity contribution in [2.45, 2.75) is 45.1 Å². The molecule has 2 aromatic rings. The summed E-state index contributed by atoms with van der Waals surface area (Å²) in [6, 6.07) is 4.97. The Balaban J connectivity index is 1.63. The van der Waals surface area contributed by atoms with Crippen molar-refractivity contribution in [2.75, 3.05) is 11.9 Å². The zero-order valence-electron chi connectivity index (χ0n) is 11.4. The van der Waals surface area contributed by atoms with E-state index in [-0.39, 0.29) is 0 Å². The number of anilines is 1. The van der Waals surface area contributed by atoms with Crippen molar-refractivity contribution in [1.29, 1.82) is 0 Å². The first-order valence-corrected chi connectivity index (χ1v) is 8.02. The van der Waals surface area contributed by atoms with Crippen molar-refractivity contribution in [3.63, 3.8) is 0 Å². The maximum absolute atomic E-state index is 4.63. The third-order valence-corrected chi connectivity index (χ3v) is 4.74. The fourth-order valence-electron chi connectivity index (χ4n) is 2.86. The molecule has 0 aliphatic heterocycles. The van der Waals surface area contributed by atoms with Crippen LogP contribution >= 0.6 is 11.3 Å². The lowest BCUT2D eigenvalue weighted by atomic mass is 10.2. The van der Waals surface area contributed by atoms with Gasteiger partial charge in [0.15, 0.2) is 0 Å². The van der Waals surface area contributed by atoms with Crippen LogP contribution in [0.1, 0.15) is 42.3 Å². The molecular weight excluding hydrogens is 254 g/mol. The van der Waals surface area contributed by atoms with Gasteiger partial charge < -0.3 is 9.88 Å². The number of rotatable bonds is 5. The first-order valence-electron chi connectivity index (χ1n) is 7.14. The van der Waals surface area contributed by atoms with E-state index < -0.39 is 0 Å². The molecule has 0 spiro atoms. The molecule has 1 aliphatic carbocycles. The second-order valence-electron chi connectivity index (χ2n) is 5.31. The van der Waals surface area contributed by atoms with E-state index in [9.17, 15) is 0 Å². The van der Waals surface area contributed by atoms with Gasteiger partial charge in [-0.25, -0.2) is 4.98 Å². The standard InChI is InChI=1S/C15H21N3S/c1-12-11-18(13-5-2-3-6-13)15(17-12)16-9-8-14-7-4-10-19-14/h4,7,10-11,13H,2-3,5-6,8-9H2,1H3,(H,16,17). The molecule has 0 amide bonds. The van der Waals surface area contributed by atoms with Gasteiger partial charge in [-0.05, 0) is 37.6 Å². The highest BCUT2D eigenvalue weighted by Gasteiger charge is 2.19. The fourth-order valence-corrected chi connectivity index (χ4v) is 3.57. The molecule has 102 valence electrons. The van der Waals surface area contributed by atoms with Crippen LogP contribution in [-0.2, 0) is 6.42 Å². The Kier molecular flexibility index (Phi) is 3.87. The highest BCUT2D eigenvalue weighted by Crippen LogP contribution is 2.32. The summed E-state index contributed by atoms with van der Waals surface area (Å²) in [5.41, 5.74) is 1.12. The SMILES string of the molecule is Cc1cn(C2CCCC2)c(NCCc2cccs2)n1. The van der Waals surface area contributed by atoms with Crippen molar-refractivity contribution in [3.8, 4) is 0 Å². The minimum atomic E-state index is 0.658. The largest absolute Gasteiger partial charge is 0.355 e. The number of thiophene rings is 1. The molecule has 0 radical (unpaired) electrons. The Hall–Kier alpha value is -1.29. The molecule has 1 fully saturated rings. The lowest BCUT2D eigenvalue weighted by molar-refractivity contribution is 0.522. The zero-order chi connectivity index (χ0) is 13.1. The first kappa shape index (κ1) is 12.7. The number of hydrogen-bond acceptors (Lipinski definition) is 3. The van der Waals surface area contributed by atoms with Crippen LogP contribution in [0.4, 0.5) is 5.95 Å². The van der Waals surface area contributed by atoms with Crippen LogP contribution in [0.2, 0.25) is 0 Å². The number of hydrogen-bond donors (Lipinski definition) is 1. The van der Waals surface area contributed by atoms with E-state index >= 15 is 0 Å². The molecule has 0 aromatic carbocycles. The van der Waals surface area contributed by atoms with Crippen molar-refractivity contribution < 1.29 is 0 Å². The molecule has 3 rings (SSSR count). The second-order valence-corrected chi connectivity index (χ2v) is 6.34. The summed E-state index contributed by atoms with van der Waals surface area (Å²) < 4.78 is 2.36. The maximum Gasteiger partial charge on any atom is 0.203 e. The summed E-state index contributed by atoms with van der Waals surface area (Å²) >= 11 is 1.83. The van der Waals surface area contributed by atoms with E-state index in [1.165, 1.54) is 30.6 Å². The van der Waals surface area contributed by atoms with Gasteiger partial charge in [-0.1, -0.05) is 18.9 Å². The number of nitrogens with zero attached hydrogens (tertiary/aromatic N) is 2. The average Bonchev–Trinajstić information content (AvgIpc) is 3.09. The van der Waals surface area contributed by atoms with Gasteiger partial charge in [0.05, 0.1) is 5.69 Å². The lowest BCUT2D eigenvalue weighted by Gasteiger charge is -2.15. The third kappa shape index (κ3) is 3.00. The number of aromatic nitrogens is 2. The Morgan fingerprint density at radius 1 is 1.42 bits per heavy atom. The van der Waals surface area contributed by atoms with Crippen LogP contribution in [0.5, 0.6) is 0 Å². The van der Waals surface area contributed by atoms with Gasteiger partial charge >= 0.3 is 0 Å². The topological polar surface area (TPSA) is 29.9 Å². The molecule has 2 aromatic heterocycles. The van der Waals surface area contributed by atoms with Crippen LogP contribution in [0.15, 0.2) is 23.7 Å². The van der Waals surface area contributed by atoms with Gasteiger partial charge in [-0.2, -0.15) is 0 Å². The summed E-state index contributed by atoms with van der Waals surface area (Å²) in [4.78, 5) is 6.06. The van der Waals surface area contributed by atoms with Gasteiger partial charge in [0.2, 0.25) is 5.95 Å². The Labute approximate surface area is 118 Å². The number of nitrogens with one attached hydrogen (secondary N) is 1. The van der Waals surface area contributed by atoms with Crippen LogP contribution in [0.3, 0.4) is 0 Å². The molecule has 2 heterocycles. The summed E-state index contributed by atoms with van der Waals surface area (Å²) in [5, 5.41) is 5.65. The molecule has 1 aliphatic rings. The van der Waals surface area contributed by atoms with E-state index in [4.69, 9.17) is 0 Å². The zero-order valence-corrected chi connectivity index (χ0v) is 12.2. The minimum Gasteiger partial charge on any atom is -0.355 e. The van der Waals surface area contributed by atoms with Crippen LogP contribution in [0.25, 0.3) is 0 Å². The normalized spacial score (nSPS) is 16.1. The predicted molar refractivity (Wildman–Crippen MR) is 81.0 cm³/mol. The molecule has 0 atom stereocenters. The van der Waals surface area contributed by atoms with Crippen LogP contribution in [0, 0.1) is 6.92 Å². The second kappa shape index (κ2) is 5.78. The van der Waals surface area contributed by atoms with Crippen molar-refractivity contribution in [3.05, 3.63) is 34.3 Å². The molecule has 0 unspecified atom stereocenters. The lowest BCUT2D eigenvalue weighted by Crippen LogP contribution is -2.12. The van der Waals surface area contributed by atoms with E-state index in [2.05, 4.69) is 45.5 Å². The predicted octanol–water partition coefficient (Wildman–Crippen LogP) is 4.02. The summed E-state index contributed by atoms with van der Waals surface area (Å²) in [7, 11) is 0. The molecule has 0 bridgehead atoms. The van der Waals surface area contributed by atoms with E-state index in [0.717, 1.165) is 24.6 Å². The molecule has 19 heavy (non-hydrogen) atoms. The van der Waals surface area contributed by atoms with Gasteiger partial charge in [-0.15, -0.1) is 11.3 Å². The average molecular weight is 275 g/mol. The van der Waals surface area contributed by atoms with E-state index in [0.29, 0.717) is 6.04 Å². The third-order valence-electron chi connectivity index (χ3n) is 3.81. The quantitative estimate of drug-likeness (QED) is 0.893. The maximum atomic E-state index is 4.63. The smallest absolute Gasteiger partial charge is 0.203 e. The minimum absolute atomic E-state index is 0.658. The van der Waals surface area contributed by atoms with E-state index in [1.807, 2.05) is 11.3 Å². The molecule has 1 N–H and O–H groups in total. The highest BCUT2D eigenvalue weighted by molar-refractivity contribution is 7.09. The summed E-state index contributed by atoms with van der Waals surface area (Å²) in [6.07, 6.45) is 8.59. The molecule has 4 heteroatoms.